The second kappa shape index (κ2) is 9.36. The quantitative estimate of drug-likeness (QED) is 0.648. The van der Waals surface area contributed by atoms with Crippen molar-refractivity contribution in [3.8, 4) is 0 Å². The lowest BCUT2D eigenvalue weighted by Gasteiger charge is -2.08. The zero-order valence-corrected chi connectivity index (χ0v) is 13.7. The normalized spacial score (nSPS) is 21.8. The van der Waals surface area contributed by atoms with Crippen LogP contribution < -0.4 is 0 Å². The monoisotopic (exact) mass is 350 g/mol. The molecule has 0 unspecified atom stereocenters. The van der Waals surface area contributed by atoms with E-state index in [-0.39, 0.29) is 13.0 Å². The lowest BCUT2D eigenvalue weighted by atomic mass is 10.1. The summed E-state index contributed by atoms with van der Waals surface area (Å²) in [5, 5.41) is 7.60. The van der Waals surface area contributed by atoms with E-state index >= 15 is 0 Å². The van der Waals surface area contributed by atoms with E-state index in [9.17, 15) is 18.8 Å². The number of carbonyl (C=O) groups is 3. The van der Waals surface area contributed by atoms with Gasteiger partial charge in [-0.2, -0.15) is 0 Å². The molecule has 2 atom stereocenters. The molecule has 0 radical (unpaired) electrons. The Labute approximate surface area is 144 Å². The highest BCUT2D eigenvalue weighted by molar-refractivity contribution is 5.87. The van der Waals surface area contributed by atoms with E-state index in [2.05, 4.69) is 6.58 Å². The minimum atomic E-state index is -1.99. The molecule has 1 heterocycles. The molecule has 134 valence electrons. The second-order valence-corrected chi connectivity index (χ2v) is 5.35. The Bertz CT molecular complexity index is 651. The van der Waals surface area contributed by atoms with Crippen LogP contribution in [0.1, 0.15) is 18.9 Å². The van der Waals surface area contributed by atoms with Gasteiger partial charge in [-0.25, -0.2) is 18.8 Å². The summed E-state index contributed by atoms with van der Waals surface area (Å²) >= 11 is 0. The third-order valence-electron chi connectivity index (χ3n) is 3.11. The van der Waals surface area contributed by atoms with Crippen LogP contribution in [-0.2, 0) is 23.9 Å². The minimum Gasteiger partial charge on any atom is -0.478 e. The van der Waals surface area contributed by atoms with E-state index in [1.165, 1.54) is 6.08 Å². The number of aliphatic carboxylic acids is 1. The van der Waals surface area contributed by atoms with Gasteiger partial charge in [-0.1, -0.05) is 36.9 Å². The number of benzene rings is 1. The molecule has 1 saturated heterocycles. The van der Waals surface area contributed by atoms with Crippen LogP contribution in [0, 0.1) is 0 Å². The Morgan fingerprint density at radius 3 is 2.52 bits per heavy atom. The van der Waals surface area contributed by atoms with Gasteiger partial charge in [0.05, 0.1) is 0 Å². The van der Waals surface area contributed by atoms with Crippen LogP contribution in [0.2, 0.25) is 0 Å². The maximum atomic E-state index is 13.5. The highest BCUT2D eigenvalue weighted by atomic mass is 19.1. The second-order valence-electron chi connectivity index (χ2n) is 5.35. The Morgan fingerprint density at radius 1 is 1.44 bits per heavy atom. The number of cyclic esters (lactones) is 1. The average molecular weight is 350 g/mol. The summed E-state index contributed by atoms with van der Waals surface area (Å²) in [6.07, 6.45) is 2.91. The number of carboxylic acid groups (broad SMARTS) is 1. The van der Waals surface area contributed by atoms with Gasteiger partial charge in [-0.3, -0.25) is 0 Å². The van der Waals surface area contributed by atoms with Crippen molar-refractivity contribution in [3.05, 3.63) is 54.6 Å². The van der Waals surface area contributed by atoms with Crippen molar-refractivity contribution >= 4 is 24.0 Å². The molecule has 7 heteroatoms. The molecule has 0 saturated carbocycles. The molecule has 6 nitrogen and oxygen atoms in total. The maximum Gasteiger partial charge on any atom is 0.344 e. The molecule has 0 spiro atoms. The predicted molar refractivity (Wildman–Crippen MR) is 88.3 cm³/mol. The Kier molecular flexibility index (Phi) is 7.52. The van der Waals surface area contributed by atoms with Gasteiger partial charge >= 0.3 is 17.9 Å². The van der Waals surface area contributed by atoms with E-state index in [1.807, 2.05) is 30.3 Å². The molecule has 1 fully saturated rings. The van der Waals surface area contributed by atoms with Crippen LogP contribution >= 0.6 is 0 Å². The number of ether oxygens (including phenoxy) is 2. The van der Waals surface area contributed by atoms with E-state index < -0.39 is 29.7 Å². The van der Waals surface area contributed by atoms with Crippen LogP contribution in [0.4, 0.5) is 4.39 Å². The summed E-state index contributed by atoms with van der Waals surface area (Å²) in [4.78, 5) is 31.8. The molecular weight excluding hydrogens is 331 g/mol. The summed E-state index contributed by atoms with van der Waals surface area (Å²) in [5.41, 5.74) is -1.12. The number of carboxylic acids is 1. The largest absolute Gasteiger partial charge is 0.478 e. The summed E-state index contributed by atoms with van der Waals surface area (Å²) in [6.45, 7) is 3.98. The lowest BCUT2D eigenvalue weighted by Crippen LogP contribution is -2.23. The van der Waals surface area contributed by atoms with E-state index in [0.717, 1.165) is 18.6 Å². The van der Waals surface area contributed by atoms with Crippen LogP contribution in [0.25, 0.3) is 6.08 Å². The minimum absolute atomic E-state index is 0.0957. The molecule has 0 aliphatic carbocycles. The Balaban J connectivity index is 0.000000550. The standard InChI is InChI=1S/C15H15FO4.C3H4O2/c1-15(16)9-12(20-14(15)18)10-19-13(17)8-7-11-5-3-2-4-6-11;1-2-3(4)5/h2-8,12H,9-10H2,1H3;2H,1H2,(H,4,5)/b8-7+;/t12-,15+;/m0./s1. The van der Waals surface area contributed by atoms with Crippen molar-refractivity contribution in [3.63, 3.8) is 0 Å². The van der Waals surface area contributed by atoms with Crippen molar-refractivity contribution in [2.75, 3.05) is 6.61 Å². The van der Waals surface area contributed by atoms with Crippen molar-refractivity contribution in [1.29, 1.82) is 0 Å². The van der Waals surface area contributed by atoms with Crippen LogP contribution in [0.3, 0.4) is 0 Å². The number of esters is 2. The molecule has 0 aromatic heterocycles. The molecule has 0 amide bonds. The predicted octanol–water partition coefficient (Wildman–Crippen LogP) is 2.54. The molecule has 1 aliphatic heterocycles. The topological polar surface area (TPSA) is 89.9 Å². The van der Waals surface area contributed by atoms with Gasteiger partial charge in [0.1, 0.15) is 12.7 Å². The molecule has 0 bridgehead atoms. The first kappa shape index (κ1) is 20.1. The number of rotatable bonds is 5. The first-order chi connectivity index (χ1) is 11.7. The smallest absolute Gasteiger partial charge is 0.344 e. The first-order valence-electron chi connectivity index (χ1n) is 7.40. The van der Waals surface area contributed by atoms with E-state index in [0.29, 0.717) is 0 Å². The highest BCUT2D eigenvalue weighted by Crippen LogP contribution is 2.28. The van der Waals surface area contributed by atoms with Gasteiger partial charge in [0, 0.05) is 18.6 Å². The third kappa shape index (κ3) is 7.43. The molecule has 1 aromatic rings. The van der Waals surface area contributed by atoms with Crippen LogP contribution in [0.5, 0.6) is 0 Å². The summed E-state index contributed by atoms with van der Waals surface area (Å²) in [5.74, 6) is -2.44. The summed E-state index contributed by atoms with van der Waals surface area (Å²) in [7, 11) is 0. The van der Waals surface area contributed by atoms with Crippen molar-refractivity contribution in [2.24, 2.45) is 0 Å². The molecule has 1 N–H and O–H groups in total. The molecule has 1 aromatic carbocycles. The number of halogens is 1. The SMILES string of the molecule is C=CC(=O)O.C[C@@]1(F)C[C@@H](COC(=O)/C=C/c2ccccc2)OC1=O. The molecule has 2 rings (SSSR count). The van der Waals surface area contributed by atoms with E-state index in [1.54, 1.807) is 6.08 Å². The van der Waals surface area contributed by atoms with Crippen LogP contribution in [0.15, 0.2) is 49.1 Å². The van der Waals surface area contributed by atoms with E-state index in [4.69, 9.17) is 14.6 Å². The summed E-state index contributed by atoms with van der Waals surface area (Å²) in [6, 6.07) is 9.27. The first-order valence-corrected chi connectivity index (χ1v) is 7.40. The van der Waals surface area contributed by atoms with Gasteiger partial charge in [0.25, 0.3) is 0 Å². The van der Waals surface area contributed by atoms with Gasteiger partial charge in [0.15, 0.2) is 0 Å². The van der Waals surface area contributed by atoms with Crippen molar-refractivity contribution in [1.82, 2.24) is 0 Å². The Morgan fingerprint density at radius 2 is 2.04 bits per heavy atom. The van der Waals surface area contributed by atoms with Gasteiger partial charge in [-0.05, 0) is 18.6 Å². The van der Waals surface area contributed by atoms with Gasteiger partial charge in [0.2, 0.25) is 5.67 Å². The van der Waals surface area contributed by atoms with Crippen molar-refractivity contribution in [2.45, 2.75) is 25.1 Å². The van der Waals surface area contributed by atoms with Crippen molar-refractivity contribution < 1.29 is 33.4 Å². The number of alkyl halides is 1. The lowest BCUT2D eigenvalue weighted by molar-refractivity contribution is -0.153. The zero-order valence-electron chi connectivity index (χ0n) is 13.7. The Hall–Kier alpha value is -2.96. The number of carbonyl (C=O) groups excluding carboxylic acids is 2. The highest BCUT2D eigenvalue weighted by Gasteiger charge is 2.46. The van der Waals surface area contributed by atoms with Gasteiger partial charge in [-0.15, -0.1) is 0 Å². The molecular formula is C18H19FO6. The maximum absolute atomic E-state index is 13.5. The van der Waals surface area contributed by atoms with Crippen LogP contribution in [-0.4, -0.2) is 41.4 Å². The fourth-order valence-electron chi connectivity index (χ4n) is 1.87. The number of hydrogen-bond acceptors (Lipinski definition) is 5. The molecule has 25 heavy (non-hydrogen) atoms. The average Bonchev–Trinajstić information content (AvgIpc) is 2.85. The fraction of sp³-hybridized carbons (Fsp3) is 0.278. The van der Waals surface area contributed by atoms with Gasteiger partial charge < -0.3 is 14.6 Å². The molecule has 1 aliphatic rings. The number of hydrogen-bond donors (Lipinski definition) is 1. The summed E-state index contributed by atoms with van der Waals surface area (Å²) < 4.78 is 23.2. The fourth-order valence-corrected chi connectivity index (χ4v) is 1.87. The third-order valence-corrected chi connectivity index (χ3v) is 3.11. The zero-order chi connectivity index (χ0) is 18.9.